The summed E-state index contributed by atoms with van der Waals surface area (Å²) in [6.45, 7) is 2.11. The zero-order chi connectivity index (χ0) is 25.7. The van der Waals surface area contributed by atoms with Gasteiger partial charge in [0.25, 0.3) is 0 Å². The molecule has 0 aliphatic rings. The van der Waals surface area contributed by atoms with Gasteiger partial charge in [0, 0.05) is 47.9 Å². The smallest absolute Gasteiger partial charge is 0.0666 e. The van der Waals surface area contributed by atoms with E-state index in [2.05, 4.69) is 68.2 Å². The van der Waals surface area contributed by atoms with Gasteiger partial charge in [0.1, 0.15) is 0 Å². The average molecular weight is 695 g/mol. The van der Waals surface area contributed by atoms with Crippen LogP contribution in [0.1, 0.15) is 44.9 Å². The Kier molecular flexibility index (Phi) is 15.5. The second kappa shape index (κ2) is 18.3. The third kappa shape index (κ3) is 12.3. The molecule has 0 bridgehead atoms. The molecule has 4 aromatic rings. The van der Waals surface area contributed by atoms with Gasteiger partial charge >= 0.3 is 0 Å². The fourth-order valence-corrected chi connectivity index (χ4v) is 4.40. The molecule has 0 aliphatic heterocycles. The maximum Gasteiger partial charge on any atom is 0.0666 e. The molecule has 0 saturated carbocycles. The SMILES string of the molecule is Br.Br.Clc1ccc(N=c2ccn(CCCCCCCCCn3ccc(=Nc4ccc(Cl)cc4)cc3)cc2)cc1. The van der Waals surface area contributed by atoms with Crippen LogP contribution < -0.4 is 10.7 Å². The quantitative estimate of drug-likeness (QED) is 0.132. The van der Waals surface area contributed by atoms with E-state index in [1.807, 2.05) is 48.5 Å². The Morgan fingerprint density at radius 1 is 0.436 bits per heavy atom. The number of hydrogen-bond donors (Lipinski definition) is 0. The molecule has 2 aromatic heterocycles. The van der Waals surface area contributed by atoms with Crippen LogP contribution in [0, 0.1) is 0 Å². The predicted molar refractivity (Wildman–Crippen MR) is 175 cm³/mol. The first-order valence-electron chi connectivity index (χ1n) is 13.1. The number of nitrogens with zero attached hydrogens (tertiary/aromatic N) is 4. The number of pyridine rings is 2. The minimum atomic E-state index is 0. The number of hydrogen-bond acceptors (Lipinski definition) is 2. The fraction of sp³-hybridized carbons (Fsp3) is 0.290. The van der Waals surface area contributed by atoms with E-state index in [1.165, 1.54) is 44.9 Å². The summed E-state index contributed by atoms with van der Waals surface area (Å²) >= 11 is 11.9. The number of benzene rings is 2. The van der Waals surface area contributed by atoms with Crippen molar-refractivity contribution in [1.82, 2.24) is 9.13 Å². The Morgan fingerprint density at radius 2 is 0.744 bits per heavy atom. The van der Waals surface area contributed by atoms with Crippen LogP contribution in [0.25, 0.3) is 0 Å². The molecule has 0 saturated heterocycles. The van der Waals surface area contributed by atoms with E-state index in [1.54, 1.807) is 0 Å². The highest BCUT2D eigenvalue weighted by molar-refractivity contribution is 8.93. The van der Waals surface area contributed by atoms with Gasteiger partial charge in [-0.25, -0.2) is 9.98 Å². The van der Waals surface area contributed by atoms with Crippen molar-refractivity contribution in [3.63, 3.8) is 0 Å². The Bertz CT molecular complexity index is 1230. The van der Waals surface area contributed by atoms with Gasteiger partial charge in [-0.05, 0) is 85.6 Å². The van der Waals surface area contributed by atoms with Crippen molar-refractivity contribution in [2.75, 3.05) is 0 Å². The monoisotopic (exact) mass is 692 g/mol. The van der Waals surface area contributed by atoms with Crippen LogP contribution in [0.15, 0.2) is 108 Å². The maximum absolute atomic E-state index is 5.94. The van der Waals surface area contributed by atoms with E-state index in [4.69, 9.17) is 23.2 Å². The van der Waals surface area contributed by atoms with E-state index < -0.39 is 0 Å². The Morgan fingerprint density at radius 3 is 1.08 bits per heavy atom. The first-order valence-corrected chi connectivity index (χ1v) is 13.8. The van der Waals surface area contributed by atoms with Crippen LogP contribution in [0.3, 0.4) is 0 Å². The van der Waals surface area contributed by atoms with Gasteiger partial charge in [0.15, 0.2) is 0 Å². The second-order valence-electron chi connectivity index (χ2n) is 9.24. The summed E-state index contributed by atoms with van der Waals surface area (Å²) in [6.07, 6.45) is 17.4. The van der Waals surface area contributed by atoms with Gasteiger partial charge in [-0.15, -0.1) is 34.0 Å². The highest BCUT2D eigenvalue weighted by atomic mass is 79.9. The third-order valence-electron chi connectivity index (χ3n) is 6.25. The van der Waals surface area contributed by atoms with Crippen LogP contribution in [-0.4, -0.2) is 9.13 Å². The molecule has 0 atom stereocenters. The van der Waals surface area contributed by atoms with E-state index in [0.717, 1.165) is 45.2 Å². The summed E-state index contributed by atoms with van der Waals surface area (Å²) in [7, 11) is 0. The zero-order valence-electron chi connectivity index (χ0n) is 22.0. The summed E-state index contributed by atoms with van der Waals surface area (Å²) < 4.78 is 4.48. The van der Waals surface area contributed by atoms with E-state index in [9.17, 15) is 0 Å². The molecule has 39 heavy (non-hydrogen) atoms. The van der Waals surface area contributed by atoms with E-state index >= 15 is 0 Å². The van der Waals surface area contributed by atoms with Crippen molar-refractivity contribution in [1.29, 1.82) is 0 Å². The van der Waals surface area contributed by atoms with Gasteiger partial charge in [-0.2, -0.15) is 0 Å². The lowest BCUT2D eigenvalue weighted by molar-refractivity contribution is 0.527. The van der Waals surface area contributed by atoms with Crippen LogP contribution >= 0.6 is 57.2 Å². The molecular weight excluding hydrogens is 659 g/mol. The van der Waals surface area contributed by atoms with Gasteiger partial charge in [-0.3, -0.25) is 0 Å². The summed E-state index contributed by atoms with van der Waals surface area (Å²) in [5, 5.41) is 3.38. The molecule has 0 amide bonds. The normalized spacial score (nSPS) is 10.3. The molecule has 2 heterocycles. The summed E-state index contributed by atoms with van der Waals surface area (Å²) in [5.74, 6) is 0. The third-order valence-corrected chi connectivity index (χ3v) is 6.75. The minimum Gasteiger partial charge on any atom is -0.354 e. The Labute approximate surface area is 262 Å². The number of unbranched alkanes of at least 4 members (excludes halogenated alkanes) is 6. The zero-order valence-corrected chi connectivity index (χ0v) is 26.9. The van der Waals surface area contributed by atoms with Crippen molar-refractivity contribution in [2.24, 2.45) is 9.98 Å². The summed E-state index contributed by atoms with van der Waals surface area (Å²) in [5.41, 5.74) is 1.83. The Hall–Kier alpha value is -2.12. The van der Waals surface area contributed by atoms with Gasteiger partial charge in [-0.1, -0.05) is 55.3 Å². The molecule has 4 rings (SSSR count). The summed E-state index contributed by atoms with van der Waals surface area (Å²) in [6, 6.07) is 23.4. The van der Waals surface area contributed by atoms with Crippen LogP contribution in [0.5, 0.6) is 0 Å². The first-order chi connectivity index (χ1) is 18.1. The van der Waals surface area contributed by atoms with Crippen LogP contribution in [0.4, 0.5) is 11.4 Å². The molecule has 4 nitrogen and oxygen atoms in total. The van der Waals surface area contributed by atoms with Crippen molar-refractivity contribution in [2.45, 2.75) is 58.0 Å². The molecule has 0 fully saturated rings. The fourth-order valence-electron chi connectivity index (χ4n) is 4.15. The van der Waals surface area contributed by atoms with E-state index in [0.29, 0.717) is 0 Å². The second-order valence-corrected chi connectivity index (χ2v) is 10.1. The largest absolute Gasteiger partial charge is 0.354 e. The molecule has 0 unspecified atom stereocenters. The lowest BCUT2D eigenvalue weighted by Gasteiger charge is -2.07. The standard InChI is InChI=1S/C31H34Cl2N4.2BrH/c32-26-8-12-28(13-9-26)34-30-16-22-36(23-17-30)20-6-4-2-1-3-5-7-21-37-24-18-31(19-25-37)35-29-14-10-27(33)11-15-29;;/h8-19,22-25H,1-7,20-21H2;2*1H. The molecule has 0 aliphatic carbocycles. The molecule has 0 radical (unpaired) electrons. The lowest BCUT2D eigenvalue weighted by atomic mass is 10.1. The highest BCUT2D eigenvalue weighted by Gasteiger charge is 1.96. The molecule has 0 spiro atoms. The predicted octanol–water partition coefficient (Wildman–Crippen LogP) is 9.65. The van der Waals surface area contributed by atoms with Crippen molar-refractivity contribution >= 4 is 68.5 Å². The Balaban J connectivity index is 0.00000267. The molecule has 0 N–H and O–H groups in total. The topological polar surface area (TPSA) is 34.6 Å². The van der Waals surface area contributed by atoms with Crippen LogP contribution in [-0.2, 0) is 13.1 Å². The van der Waals surface area contributed by atoms with Gasteiger partial charge in [0.05, 0.1) is 22.1 Å². The van der Waals surface area contributed by atoms with Crippen molar-refractivity contribution in [3.8, 4) is 0 Å². The number of aryl methyl sites for hydroxylation is 2. The number of halogens is 4. The summed E-state index contributed by atoms with van der Waals surface area (Å²) in [4.78, 5) is 9.26. The molecule has 2 aromatic carbocycles. The molecular formula is C31H36Br2Cl2N4. The van der Waals surface area contributed by atoms with Gasteiger partial charge in [0.2, 0.25) is 0 Å². The first kappa shape index (κ1) is 33.1. The highest BCUT2D eigenvalue weighted by Crippen LogP contribution is 2.16. The number of aromatic nitrogens is 2. The number of rotatable bonds is 12. The maximum atomic E-state index is 5.94. The van der Waals surface area contributed by atoms with Gasteiger partial charge < -0.3 is 9.13 Å². The molecule has 208 valence electrons. The minimum absolute atomic E-state index is 0. The van der Waals surface area contributed by atoms with Crippen molar-refractivity contribution < 1.29 is 0 Å². The van der Waals surface area contributed by atoms with Crippen molar-refractivity contribution in [3.05, 3.63) is 118 Å². The average Bonchev–Trinajstić information content (AvgIpc) is 2.92. The lowest BCUT2D eigenvalue weighted by Crippen LogP contribution is -2.05. The van der Waals surface area contributed by atoms with E-state index in [-0.39, 0.29) is 34.0 Å². The molecule has 8 heteroatoms. The van der Waals surface area contributed by atoms with Crippen LogP contribution in [0.2, 0.25) is 10.0 Å².